The van der Waals surface area contributed by atoms with Crippen molar-refractivity contribution in [2.24, 2.45) is 0 Å². The molecule has 0 aliphatic rings. The minimum Gasteiger partial charge on any atom is -0.460 e. The van der Waals surface area contributed by atoms with Crippen LogP contribution in [0.4, 0.5) is 0 Å². The van der Waals surface area contributed by atoms with Gasteiger partial charge in [0.05, 0.1) is 6.54 Å². The Kier molecular flexibility index (Phi) is 3.06. The van der Waals surface area contributed by atoms with Crippen LogP contribution in [0.25, 0.3) is 11.0 Å². The van der Waals surface area contributed by atoms with E-state index in [-0.39, 0.29) is 0 Å². The van der Waals surface area contributed by atoms with E-state index >= 15 is 0 Å². The molecular formula is C13H13N3O2. The van der Waals surface area contributed by atoms with Gasteiger partial charge in [-0.15, -0.1) is 0 Å². The Morgan fingerprint density at radius 3 is 3.00 bits per heavy atom. The zero-order valence-electron chi connectivity index (χ0n) is 9.80. The fourth-order valence-electron chi connectivity index (χ4n) is 1.84. The van der Waals surface area contributed by atoms with Gasteiger partial charge in [0.1, 0.15) is 11.3 Å². The van der Waals surface area contributed by atoms with Gasteiger partial charge in [0.2, 0.25) is 5.89 Å². The number of benzene rings is 1. The first-order chi connectivity index (χ1) is 8.92. The van der Waals surface area contributed by atoms with Crippen LogP contribution in [0.3, 0.4) is 0 Å². The fourth-order valence-corrected chi connectivity index (χ4v) is 1.84. The maximum Gasteiger partial charge on any atom is 0.227 e. The molecule has 5 heteroatoms. The maximum atomic E-state index is 5.69. The Labute approximate surface area is 104 Å². The topological polar surface area (TPSA) is 64.1 Å². The highest BCUT2D eigenvalue weighted by Gasteiger charge is 2.03. The highest BCUT2D eigenvalue weighted by Crippen LogP contribution is 2.18. The van der Waals surface area contributed by atoms with Crippen LogP contribution in [0, 0.1) is 0 Å². The Bertz CT molecular complexity index is 583. The van der Waals surface area contributed by atoms with Crippen molar-refractivity contribution in [3.05, 3.63) is 48.3 Å². The second-order valence-corrected chi connectivity index (χ2v) is 4.01. The molecule has 0 aliphatic carbocycles. The van der Waals surface area contributed by atoms with Gasteiger partial charge >= 0.3 is 0 Å². The second-order valence-electron chi connectivity index (χ2n) is 4.01. The lowest BCUT2D eigenvalue weighted by Crippen LogP contribution is -2.16. The normalized spacial score (nSPS) is 11.1. The molecule has 1 aromatic carbocycles. The van der Waals surface area contributed by atoms with Crippen molar-refractivity contribution in [1.29, 1.82) is 0 Å². The summed E-state index contributed by atoms with van der Waals surface area (Å²) in [7, 11) is 0. The number of furan rings is 1. The lowest BCUT2D eigenvalue weighted by atomic mass is 10.2. The van der Waals surface area contributed by atoms with E-state index in [4.69, 9.17) is 8.94 Å². The van der Waals surface area contributed by atoms with E-state index in [9.17, 15) is 0 Å². The van der Waals surface area contributed by atoms with Crippen molar-refractivity contribution >= 4 is 11.0 Å². The Morgan fingerprint density at radius 2 is 2.17 bits per heavy atom. The van der Waals surface area contributed by atoms with E-state index in [0.29, 0.717) is 12.4 Å². The molecule has 3 aromatic rings. The van der Waals surface area contributed by atoms with Gasteiger partial charge < -0.3 is 14.3 Å². The summed E-state index contributed by atoms with van der Waals surface area (Å²) in [4.78, 5) is 3.95. The van der Waals surface area contributed by atoms with Crippen molar-refractivity contribution in [2.75, 3.05) is 6.54 Å². The molecule has 0 aliphatic heterocycles. The first kappa shape index (κ1) is 11.0. The molecule has 0 spiro atoms. The number of fused-ring (bicyclic) bond motifs is 1. The van der Waals surface area contributed by atoms with Crippen molar-refractivity contribution < 1.29 is 8.94 Å². The van der Waals surface area contributed by atoms with Gasteiger partial charge in [-0.2, -0.15) is 4.98 Å². The molecule has 0 saturated carbocycles. The Balaban J connectivity index is 1.53. The van der Waals surface area contributed by atoms with Crippen LogP contribution in [0.1, 0.15) is 11.7 Å². The van der Waals surface area contributed by atoms with Gasteiger partial charge in [0.25, 0.3) is 0 Å². The molecule has 0 unspecified atom stereocenters. The summed E-state index contributed by atoms with van der Waals surface area (Å²) in [5.41, 5.74) is 0.922. The third-order valence-electron chi connectivity index (χ3n) is 2.70. The molecule has 92 valence electrons. The summed E-state index contributed by atoms with van der Waals surface area (Å²) in [5, 5.41) is 7.97. The molecule has 0 atom stereocenters. The summed E-state index contributed by atoms with van der Waals surface area (Å²) < 4.78 is 10.6. The van der Waals surface area contributed by atoms with Gasteiger partial charge in [-0.3, -0.25) is 0 Å². The molecule has 2 heterocycles. The van der Waals surface area contributed by atoms with Crippen molar-refractivity contribution in [3.8, 4) is 0 Å². The van der Waals surface area contributed by atoms with E-state index < -0.39 is 0 Å². The molecule has 0 saturated heterocycles. The van der Waals surface area contributed by atoms with E-state index in [0.717, 1.165) is 29.7 Å². The van der Waals surface area contributed by atoms with Crippen molar-refractivity contribution in [3.63, 3.8) is 0 Å². The van der Waals surface area contributed by atoms with Crippen LogP contribution in [0.15, 0.2) is 45.6 Å². The molecule has 2 aromatic heterocycles. The van der Waals surface area contributed by atoms with E-state index in [1.807, 2.05) is 24.3 Å². The SMILES string of the molecule is c1ccc2oc(CNCCc3ncno3)cc2c1. The number of nitrogens with zero attached hydrogens (tertiary/aromatic N) is 2. The average Bonchev–Trinajstić information content (AvgIpc) is 3.03. The van der Waals surface area contributed by atoms with Crippen molar-refractivity contribution in [2.45, 2.75) is 13.0 Å². The van der Waals surface area contributed by atoms with Crippen LogP contribution in [-0.4, -0.2) is 16.7 Å². The summed E-state index contributed by atoms with van der Waals surface area (Å²) in [6.45, 7) is 1.47. The number of hydrogen-bond donors (Lipinski definition) is 1. The zero-order chi connectivity index (χ0) is 12.2. The van der Waals surface area contributed by atoms with Crippen LogP contribution >= 0.6 is 0 Å². The van der Waals surface area contributed by atoms with Crippen LogP contribution in [-0.2, 0) is 13.0 Å². The first-order valence-electron chi connectivity index (χ1n) is 5.85. The molecule has 1 N–H and O–H groups in total. The van der Waals surface area contributed by atoms with E-state index in [1.165, 1.54) is 6.33 Å². The van der Waals surface area contributed by atoms with Crippen LogP contribution in [0.2, 0.25) is 0 Å². The summed E-state index contributed by atoms with van der Waals surface area (Å²) in [5.74, 6) is 1.58. The molecule has 5 nitrogen and oxygen atoms in total. The Hall–Kier alpha value is -2.14. The molecule has 18 heavy (non-hydrogen) atoms. The molecule has 0 bridgehead atoms. The van der Waals surface area contributed by atoms with Crippen LogP contribution < -0.4 is 5.32 Å². The predicted molar refractivity (Wildman–Crippen MR) is 65.9 cm³/mol. The van der Waals surface area contributed by atoms with E-state index in [1.54, 1.807) is 0 Å². The second kappa shape index (κ2) is 5.01. The average molecular weight is 243 g/mol. The minimum absolute atomic E-state index is 0.645. The minimum atomic E-state index is 0.645. The first-order valence-corrected chi connectivity index (χ1v) is 5.85. The van der Waals surface area contributed by atoms with Gasteiger partial charge in [0.15, 0.2) is 6.33 Å². The maximum absolute atomic E-state index is 5.69. The predicted octanol–water partition coefficient (Wildman–Crippen LogP) is 2.15. The van der Waals surface area contributed by atoms with Gasteiger partial charge in [-0.05, 0) is 12.1 Å². The van der Waals surface area contributed by atoms with Gasteiger partial charge in [-0.1, -0.05) is 23.4 Å². The number of aromatic nitrogens is 2. The Morgan fingerprint density at radius 1 is 1.22 bits per heavy atom. The largest absolute Gasteiger partial charge is 0.460 e. The summed E-state index contributed by atoms with van der Waals surface area (Å²) in [6, 6.07) is 10.0. The smallest absolute Gasteiger partial charge is 0.227 e. The molecular weight excluding hydrogens is 230 g/mol. The molecule has 0 fully saturated rings. The van der Waals surface area contributed by atoms with Crippen LogP contribution in [0.5, 0.6) is 0 Å². The third-order valence-corrected chi connectivity index (χ3v) is 2.70. The highest BCUT2D eigenvalue weighted by atomic mass is 16.5. The van der Waals surface area contributed by atoms with E-state index in [2.05, 4.69) is 21.5 Å². The van der Waals surface area contributed by atoms with Gasteiger partial charge in [0, 0.05) is 18.4 Å². The number of para-hydroxylation sites is 1. The third kappa shape index (κ3) is 2.41. The quantitative estimate of drug-likeness (QED) is 0.695. The van der Waals surface area contributed by atoms with Gasteiger partial charge in [-0.25, -0.2) is 0 Å². The number of hydrogen-bond acceptors (Lipinski definition) is 5. The lowest BCUT2D eigenvalue weighted by molar-refractivity contribution is 0.373. The monoisotopic (exact) mass is 243 g/mol. The summed E-state index contributed by atoms with van der Waals surface area (Å²) in [6.07, 6.45) is 2.13. The zero-order valence-corrected chi connectivity index (χ0v) is 9.80. The fraction of sp³-hybridized carbons (Fsp3) is 0.231. The lowest BCUT2D eigenvalue weighted by Gasteiger charge is -1.98. The van der Waals surface area contributed by atoms with Crippen molar-refractivity contribution in [1.82, 2.24) is 15.5 Å². The molecule has 0 amide bonds. The summed E-state index contributed by atoms with van der Waals surface area (Å²) >= 11 is 0. The molecule has 0 radical (unpaired) electrons. The number of rotatable bonds is 5. The standard InChI is InChI=1S/C13H13N3O2/c1-2-4-12-10(3-1)7-11(17-12)8-14-6-5-13-15-9-16-18-13/h1-4,7,9,14H,5-6,8H2. The number of nitrogens with one attached hydrogen (secondary N) is 1. The molecule has 3 rings (SSSR count). The highest BCUT2D eigenvalue weighted by molar-refractivity contribution is 5.77.